The first kappa shape index (κ1) is 13.4. The predicted molar refractivity (Wildman–Crippen MR) is 81.3 cm³/mol. The van der Waals surface area contributed by atoms with Crippen LogP contribution < -0.4 is 4.74 Å². The summed E-state index contributed by atoms with van der Waals surface area (Å²) >= 11 is 3.16. The van der Waals surface area contributed by atoms with Gasteiger partial charge in [-0.1, -0.05) is 11.8 Å². The van der Waals surface area contributed by atoms with E-state index in [0.29, 0.717) is 6.61 Å². The third-order valence-electron chi connectivity index (χ3n) is 2.67. The fourth-order valence-electron chi connectivity index (χ4n) is 1.79. The quantitative estimate of drug-likeness (QED) is 0.678. The van der Waals surface area contributed by atoms with E-state index >= 15 is 0 Å². The number of hydrogen-bond donors (Lipinski definition) is 0. The molecular formula is C15H12FNOS2. The van der Waals surface area contributed by atoms with Gasteiger partial charge in [-0.25, -0.2) is 9.37 Å². The Labute approximate surface area is 124 Å². The normalized spacial score (nSPS) is 10.9. The number of aromatic nitrogens is 1. The van der Waals surface area contributed by atoms with Gasteiger partial charge in [-0.15, -0.1) is 11.3 Å². The highest BCUT2D eigenvalue weighted by molar-refractivity contribution is 8.01. The van der Waals surface area contributed by atoms with E-state index in [0.717, 1.165) is 25.2 Å². The second-order valence-corrected chi connectivity index (χ2v) is 6.45. The summed E-state index contributed by atoms with van der Waals surface area (Å²) in [5.74, 6) is 0.641. The molecule has 3 rings (SSSR count). The molecule has 102 valence electrons. The fraction of sp³-hybridized carbons (Fsp3) is 0.133. The molecule has 20 heavy (non-hydrogen) atoms. The molecule has 0 amide bonds. The number of thiazole rings is 1. The molecule has 0 aliphatic rings. The van der Waals surface area contributed by atoms with Crippen molar-refractivity contribution in [2.45, 2.75) is 16.2 Å². The lowest BCUT2D eigenvalue weighted by Gasteiger charge is -2.00. The summed E-state index contributed by atoms with van der Waals surface area (Å²) in [6.07, 6.45) is 0. The first-order chi connectivity index (χ1) is 9.74. The maximum absolute atomic E-state index is 12.9. The highest BCUT2D eigenvalue weighted by Crippen LogP contribution is 2.35. The first-order valence-electron chi connectivity index (χ1n) is 6.21. The lowest BCUT2D eigenvalue weighted by Crippen LogP contribution is -1.89. The first-order valence-corrected chi connectivity index (χ1v) is 7.84. The van der Waals surface area contributed by atoms with Crippen molar-refractivity contribution < 1.29 is 9.13 Å². The van der Waals surface area contributed by atoms with Gasteiger partial charge >= 0.3 is 0 Å². The molecule has 0 saturated heterocycles. The lowest BCUT2D eigenvalue weighted by atomic mass is 10.3. The zero-order chi connectivity index (χ0) is 13.9. The van der Waals surface area contributed by atoms with E-state index in [2.05, 4.69) is 4.98 Å². The molecule has 0 N–H and O–H groups in total. The minimum Gasteiger partial charge on any atom is -0.494 e. The number of nitrogens with zero attached hydrogens (tertiary/aromatic N) is 1. The van der Waals surface area contributed by atoms with E-state index < -0.39 is 0 Å². The van der Waals surface area contributed by atoms with E-state index in [1.807, 2.05) is 25.1 Å². The number of halogens is 1. The molecule has 1 aromatic heterocycles. The fourth-order valence-corrected chi connectivity index (χ4v) is 3.86. The number of fused-ring (bicyclic) bond motifs is 1. The van der Waals surface area contributed by atoms with Crippen LogP contribution in [-0.4, -0.2) is 11.6 Å². The Balaban J connectivity index is 1.86. The van der Waals surface area contributed by atoms with Crippen molar-refractivity contribution in [2.24, 2.45) is 0 Å². The van der Waals surface area contributed by atoms with Crippen molar-refractivity contribution in [3.63, 3.8) is 0 Å². The summed E-state index contributed by atoms with van der Waals surface area (Å²) in [6, 6.07) is 12.3. The standard InChI is InChI=1S/C15H12FNOS2/c1-2-18-11-5-8-13-14(9-11)20-15(17-13)19-12-6-3-10(16)4-7-12/h3-9H,2H2,1H3. The molecule has 0 aliphatic carbocycles. The van der Waals surface area contributed by atoms with E-state index in [1.165, 1.54) is 12.1 Å². The third-order valence-corrected chi connectivity index (χ3v) is 4.76. The minimum absolute atomic E-state index is 0.222. The van der Waals surface area contributed by atoms with Crippen LogP contribution in [0.3, 0.4) is 0 Å². The van der Waals surface area contributed by atoms with Crippen LogP contribution in [0.4, 0.5) is 4.39 Å². The van der Waals surface area contributed by atoms with Crippen LogP contribution in [0.2, 0.25) is 0 Å². The molecule has 0 bridgehead atoms. The molecule has 0 fully saturated rings. The van der Waals surface area contributed by atoms with Crippen molar-refractivity contribution in [2.75, 3.05) is 6.61 Å². The number of rotatable bonds is 4. The molecule has 0 radical (unpaired) electrons. The van der Waals surface area contributed by atoms with Crippen LogP contribution in [-0.2, 0) is 0 Å². The molecule has 2 nitrogen and oxygen atoms in total. The van der Waals surface area contributed by atoms with Gasteiger partial charge in [-0.3, -0.25) is 0 Å². The Hall–Kier alpha value is -1.59. The molecule has 2 aromatic carbocycles. The average Bonchev–Trinajstić information content (AvgIpc) is 2.83. The van der Waals surface area contributed by atoms with Gasteiger partial charge in [0.2, 0.25) is 0 Å². The van der Waals surface area contributed by atoms with E-state index in [1.54, 1.807) is 35.2 Å². The smallest absolute Gasteiger partial charge is 0.155 e. The second-order valence-electron chi connectivity index (χ2n) is 4.10. The number of ether oxygens (including phenoxy) is 1. The number of benzene rings is 2. The van der Waals surface area contributed by atoms with Crippen LogP contribution in [0.1, 0.15) is 6.92 Å². The molecule has 5 heteroatoms. The Bertz CT molecular complexity index is 724. The molecule has 0 atom stereocenters. The third kappa shape index (κ3) is 2.94. The molecule has 0 aliphatic heterocycles. The molecule has 0 saturated carbocycles. The van der Waals surface area contributed by atoms with Crippen molar-refractivity contribution in [1.29, 1.82) is 0 Å². The monoisotopic (exact) mass is 305 g/mol. The van der Waals surface area contributed by atoms with Crippen LogP contribution in [0, 0.1) is 5.82 Å². The van der Waals surface area contributed by atoms with Gasteiger partial charge in [0.25, 0.3) is 0 Å². The highest BCUT2D eigenvalue weighted by Gasteiger charge is 2.07. The molecule has 0 spiro atoms. The summed E-state index contributed by atoms with van der Waals surface area (Å²) in [5.41, 5.74) is 0.961. The topological polar surface area (TPSA) is 22.1 Å². The van der Waals surface area contributed by atoms with E-state index in [4.69, 9.17) is 4.74 Å². The Morgan fingerprint density at radius 1 is 1.20 bits per heavy atom. The van der Waals surface area contributed by atoms with Gasteiger partial charge in [0.05, 0.1) is 16.8 Å². The summed E-state index contributed by atoms with van der Waals surface area (Å²) in [4.78, 5) is 5.55. The minimum atomic E-state index is -0.222. The SMILES string of the molecule is CCOc1ccc2nc(Sc3ccc(F)cc3)sc2c1. The second kappa shape index (κ2) is 5.81. The van der Waals surface area contributed by atoms with E-state index in [-0.39, 0.29) is 5.82 Å². The highest BCUT2D eigenvalue weighted by atomic mass is 32.2. The molecular weight excluding hydrogens is 293 g/mol. The van der Waals surface area contributed by atoms with Gasteiger partial charge in [0, 0.05) is 4.90 Å². The summed E-state index contributed by atoms with van der Waals surface area (Å²) in [6.45, 7) is 2.62. The van der Waals surface area contributed by atoms with Crippen molar-refractivity contribution in [3.8, 4) is 5.75 Å². The molecule has 3 aromatic rings. The van der Waals surface area contributed by atoms with Gasteiger partial charge in [0.15, 0.2) is 4.34 Å². The average molecular weight is 305 g/mol. The van der Waals surface area contributed by atoms with Crippen LogP contribution >= 0.6 is 23.1 Å². The summed E-state index contributed by atoms with van der Waals surface area (Å²) in [5, 5.41) is 0. The van der Waals surface area contributed by atoms with Crippen molar-refractivity contribution in [3.05, 3.63) is 48.3 Å². The van der Waals surface area contributed by atoms with Crippen LogP contribution in [0.5, 0.6) is 5.75 Å². The van der Waals surface area contributed by atoms with Crippen LogP contribution in [0.25, 0.3) is 10.2 Å². The van der Waals surface area contributed by atoms with Crippen LogP contribution in [0.15, 0.2) is 51.7 Å². The Morgan fingerprint density at radius 3 is 2.75 bits per heavy atom. The largest absolute Gasteiger partial charge is 0.494 e. The molecule has 1 heterocycles. The Kier molecular flexibility index (Phi) is 3.89. The number of hydrogen-bond acceptors (Lipinski definition) is 4. The zero-order valence-electron chi connectivity index (χ0n) is 10.8. The van der Waals surface area contributed by atoms with Gasteiger partial charge in [0.1, 0.15) is 11.6 Å². The Morgan fingerprint density at radius 2 is 2.00 bits per heavy atom. The lowest BCUT2D eigenvalue weighted by molar-refractivity contribution is 0.341. The van der Waals surface area contributed by atoms with Gasteiger partial charge in [-0.2, -0.15) is 0 Å². The van der Waals surface area contributed by atoms with Crippen molar-refractivity contribution in [1.82, 2.24) is 4.98 Å². The predicted octanol–water partition coefficient (Wildman–Crippen LogP) is 4.99. The maximum Gasteiger partial charge on any atom is 0.155 e. The van der Waals surface area contributed by atoms with Crippen molar-refractivity contribution >= 4 is 33.3 Å². The van der Waals surface area contributed by atoms with E-state index in [9.17, 15) is 4.39 Å². The molecule has 0 unspecified atom stereocenters. The van der Waals surface area contributed by atoms with Gasteiger partial charge in [-0.05, 0) is 49.4 Å². The zero-order valence-corrected chi connectivity index (χ0v) is 12.4. The van der Waals surface area contributed by atoms with Gasteiger partial charge < -0.3 is 4.74 Å². The summed E-state index contributed by atoms with van der Waals surface area (Å²) < 4.78 is 20.4. The summed E-state index contributed by atoms with van der Waals surface area (Å²) in [7, 11) is 0. The maximum atomic E-state index is 12.9.